The molecule has 2 heterocycles. The molecular weight excluding hydrogens is 438 g/mol. The Hall–Kier alpha value is -2.42. The molecule has 8 heteroatoms. The highest BCUT2D eigenvalue weighted by atomic mass is 32.2. The number of ether oxygens (including phenoxy) is 1. The highest BCUT2D eigenvalue weighted by Crippen LogP contribution is 2.21. The van der Waals surface area contributed by atoms with Crippen LogP contribution < -0.4 is 9.62 Å². The number of hydrogen-bond acceptors (Lipinski definition) is 5. The van der Waals surface area contributed by atoms with Gasteiger partial charge in [-0.3, -0.25) is 4.79 Å². The first-order chi connectivity index (χ1) is 15.9. The molecule has 0 spiro atoms. The number of anilines is 1. The average Bonchev–Trinajstić information content (AvgIpc) is 3.37. The van der Waals surface area contributed by atoms with E-state index in [1.165, 1.54) is 37.1 Å². The molecule has 0 saturated carbocycles. The van der Waals surface area contributed by atoms with Gasteiger partial charge in [-0.2, -0.15) is 0 Å². The summed E-state index contributed by atoms with van der Waals surface area (Å²) in [6.07, 6.45) is 5.48. The van der Waals surface area contributed by atoms with Crippen molar-refractivity contribution in [3.63, 3.8) is 0 Å². The van der Waals surface area contributed by atoms with Crippen molar-refractivity contribution in [2.45, 2.75) is 49.6 Å². The maximum absolute atomic E-state index is 13.0. The topological polar surface area (TPSA) is 79.0 Å². The predicted octanol–water partition coefficient (Wildman–Crippen LogP) is 3.41. The number of carbonyl (C=O) groups excluding carboxylic acids is 1. The van der Waals surface area contributed by atoms with Crippen LogP contribution in [0.5, 0.6) is 0 Å². The number of nitrogens with one attached hydrogen (secondary N) is 1. The number of hydrogen-bond donors (Lipinski definition) is 1. The zero-order valence-corrected chi connectivity index (χ0v) is 20.0. The number of piperidine rings is 1. The number of nitrogens with zero attached hydrogens (tertiary/aromatic N) is 2. The Bertz CT molecular complexity index is 1040. The first kappa shape index (κ1) is 23.7. The molecule has 0 aromatic heterocycles. The van der Waals surface area contributed by atoms with Crippen LogP contribution in [0.15, 0.2) is 53.4 Å². The summed E-state index contributed by atoms with van der Waals surface area (Å²) in [6, 6.07) is 14.6. The van der Waals surface area contributed by atoms with Crippen molar-refractivity contribution in [3.05, 3.63) is 59.7 Å². The van der Waals surface area contributed by atoms with Gasteiger partial charge in [-0.1, -0.05) is 18.2 Å². The van der Waals surface area contributed by atoms with Gasteiger partial charge in [0.05, 0.1) is 11.0 Å². The molecule has 0 bridgehead atoms. The Labute approximate surface area is 196 Å². The zero-order chi connectivity index (χ0) is 23.3. The van der Waals surface area contributed by atoms with E-state index in [0.29, 0.717) is 18.7 Å². The van der Waals surface area contributed by atoms with Crippen LogP contribution in [0.1, 0.15) is 48.0 Å². The lowest BCUT2D eigenvalue weighted by atomic mass is 10.1. The molecule has 2 aliphatic heterocycles. The molecule has 1 atom stereocenters. The van der Waals surface area contributed by atoms with E-state index in [2.05, 4.69) is 33.9 Å². The van der Waals surface area contributed by atoms with Gasteiger partial charge in [-0.15, -0.1) is 0 Å². The molecule has 1 unspecified atom stereocenters. The molecule has 1 N–H and O–H groups in total. The number of benzene rings is 2. The van der Waals surface area contributed by atoms with Crippen LogP contribution in [0.2, 0.25) is 0 Å². The fourth-order valence-electron chi connectivity index (χ4n) is 4.42. The van der Waals surface area contributed by atoms with E-state index in [9.17, 15) is 13.2 Å². The summed E-state index contributed by atoms with van der Waals surface area (Å²) in [5.41, 5.74) is 2.61. The van der Waals surface area contributed by atoms with Crippen LogP contribution in [0.3, 0.4) is 0 Å². The van der Waals surface area contributed by atoms with Gasteiger partial charge in [-0.25, -0.2) is 13.1 Å². The minimum absolute atomic E-state index is 0.0861. The van der Waals surface area contributed by atoms with Crippen LogP contribution in [0.25, 0.3) is 0 Å². The minimum Gasteiger partial charge on any atom is -0.377 e. The monoisotopic (exact) mass is 471 g/mol. The van der Waals surface area contributed by atoms with E-state index >= 15 is 0 Å². The summed E-state index contributed by atoms with van der Waals surface area (Å²) in [6.45, 7) is 3.56. The molecule has 2 fully saturated rings. The second-order valence-corrected chi connectivity index (χ2v) is 10.7. The SMILES string of the molecule is CN(Cc1ccc(N2CCCCC2)cc1)C(=O)c1cccc(S(=O)(=O)NCC2CCCO2)c1. The van der Waals surface area contributed by atoms with Gasteiger partial charge in [0, 0.05) is 51.1 Å². The van der Waals surface area contributed by atoms with Crippen LogP contribution in [-0.2, 0) is 21.3 Å². The Kier molecular flexibility index (Phi) is 7.67. The molecular formula is C25H33N3O4S. The number of rotatable bonds is 8. The second-order valence-electron chi connectivity index (χ2n) is 8.89. The van der Waals surface area contributed by atoms with Gasteiger partial charge in [-0.05, 0) is 68.0 Å². The molecule has 178 valence electrons. The van der Waals surface area contributed by atoms with Gasteiger partial charge in [0.1, 0.15) is 0 Å². The minimum atomic E-state index is -3.71. The summed E-state index contributed by atoms with van der Waals surface area (Å²) in [5, 5.41) is 0. The quantitative estimate of drug-likeness (QED) is 0.638. The molecule has 2 aromatic rings. The number of amides is 1. The molecule has 33 heavy (non-hydrogen) atoms. The first-order valence-corrected chi connectivity index (χ1v) is 13.2. The van der Waals surface area contributed by atoms with Crippen molar-refractivity contribution >= 4 is 21.6 Å². The molecule has 4 rings (SSSR count). The normalized spacial score (nSPS) is 18.9. The number of carbonyl (C=O) groups is 1. The van der Waals surface area contributed by atoms with E-state index in [0.717, 1.165) is 31.5 Å². The van der Waals surface area contributed by atoms with E-state index in [-0.39, 0.29) is 23.5 Å². The highest BCUT2D eigenvalue weighted by Gasteiger charge is 2.22. The Balaban J connectivity index is 1.38. The van der Waals surface area contributed by atoms with Crippen molar-refractivity contribution in [2.24, 2.45) is 0 Å². The lowest BCUT2D eigenvalue weighted by Crippen LogP contribution is -2.32. The fourth-order valence-corrected chi connectivity index (χ4v) is 5.53. The Morgan fingerprint density at radius 3 is 2.55 bits per heavy atom. The van der Waals surface area contributed by atoms with E-state index in [1.807, 2.05) is 0 Å². The molecule has 0 radical (unpaired) electrons. The molecule has 2 saturated heterocycles. The van der Waals surface area contributed by atoms with Crippen molar-refractivity contribution in [1.29, 1.82) is 0 Å². The van der Waals surface area contributed by atoms with Crippen LogP contribution >= 0.6 is 0 Å². The summed E-state index contributed by atoms with van der Waals surface area (Å²) >= 11 is 0. The smallest absolute Gasteiger partial charge is 0.253 e. The molecule has 7 nitrogen and oxygen atoms in total. The van der Waals surface area contributed by atoms with Crippen molar-refractivity contribution in [3.8, 4) is 0 Å². The van der Waals surface area contributed by atoms with Crippen molar-refractivity contribution < 1.29 is 17.9 Å². The van der Waals surface area contributed by atoms with E-state index in [4.69, 9.17) is 4.74 Å². The summed E-state index contributed by atoms with van der Waals surface area (Å²) in [7, 11) is -1.98. The van der Waals surface area contributed by atoms with Crippen LogP contribution in [0, 0.1) is 0 Å². The van der Waals surface area contributed by atoms with Gasteiger partial charge in [0.25, 0.3) is 5.91 Å². The average molecular weight is 472 g/mol. The molecule has 1 amide bonds. The van der Waals surface area contributed by atoms with Gasteiger partial charge in [0.15, 0.2) is 0 Å². The van der Waals surface area contributed by atoms with E-state index in [1.54, 1.807) is 24.1 Å². The lowest BCUT2D eigenvalue weighted by molar-refractivity contribution is 0.0785. The van der Waals surface area contributed by atoms with Gasteiger partial charge >= 0.3 is 0 Å². The predicted molar refractivity (Wildman–Crippen MR) is 129 cm³/mol. The van der Waals surface area contributed by atoms with Gasteiger partial charge in [0.2, 0.25) is 10.0 Å². The zero-order valence-electron chi connectivity index (χ0n) is 19.2. The maximum atomic E-state index is 13.0. The molecule has 2 aliphatic rings. The van der Waals surface area contributed by atoms with E-state index < -0.39 is 10.0 Å². The second kappa shape index (κ2) is 10.7. The third-order valence-electron chi connectivity index (χ3n) is 6.34. The number of sulfonamides is 1. The molecule has 0 aliphatic carbocycles. The third kappa shape index (κ3) is 6.13. The fraction of sp³-hybridized carbons (Fsp3) is 0.480. The largest absolute Gasteiger partial charge is 0.377 e. The standard InChI is InChI=1S/C25H33N3O4S/c1-27(19-20-10-12-22(13-11-20)28-14-3-2-4-15-28)25(29)21-7-5-9-24(17-21)33(30,31)26-18-23-8-6-16-32-23/h5,7,9-13,17,23,26H,2-4,6,8,14-16,18-19H2,1H3. The lowest BCUT2D eigenvalue weighted by Gasteiger charge is -2.29. The molecule has 2 aromatic carbocycles. The highest BCUT2D eigenvalue weighted by molar-refractivity contribution is 7.89. The summed E-state index contributed by atoms with van der Waals surface area (Å²) in [4.78, 5) is 17.1. The van der Waals surface area contributed by atoms with Crippen LogP contribution in [-0.4, -0.2) is 58.6 Å². The summed E-state index contributed by atoms with van der Waals surface area (Å²) < 4.78 is 33.5. The van der Waals surface area contributed by atoms with Crippen molar-refractivity contribution in [2.75, 3.05) is 38.2 Å². The van der Waals surface area contributed by atoms with Gasteiger partial charge < -0.3 is 14.5 Å². The van der Waals surface area contributed by atoms with Crippen molar-refractivity contribution in [1.82, 2.24) is 9.62 Å². The third-order valence-corrected chi connectivity index (χ3v) is 7.76. The Morgan fingerprint density at radius 1 is 1.09 bits per heavy atom. The Morgan fingerprint density at radius 2 is 1.85 bits per heavy atom. The maximum Gasteiger partial charge on any atom is 0.253 e. The summed E-state index contributed by atoms with van der Waals surface area (Å²) in [5.74, 6) is -0.216. The van der Waals surface area contributed by atoms with Crippen LogP contribution in [0.4, 0.5) is 5.69 Å². The first-order valence-electron chi connectivity index (χ1n) is 11.7.